The maximum atomic E-state index is 5.37. The van der Waals surface area contributed by atoms with E-state index in [-0.39, 0.29) is 0 Å². The first-order valence-corrected chi connectivity index (χ1v) is 6.68. The highest BCUT2D eigenvalue weighted by molar-refractivity contribution is 8.23. The lowest BCUT2D eigenvalue weighted by atomic mass is 10.2. The summed E-state index contributed by atoms with van der Waals surface area (Å²) in [5, 5.41) is 0. The summed E-state index contributed by atoms with van der Waals surface area (Å²) in [6.45, 7) is 3.20. The molecule has 3 heteroatoms. The Balaban J connectivity index is 2.07. The molecule has 0 bridgehead atoms. The second-order valence-electron chi connectivity index (χ2n) is 3.75. The topological polar surface area (TPSA) is 3.24 Å². The molecule has 0 unspecified atom stereocenters. The predicted molar refractivity (Wildman–Crippen MR) is 71.1 cm³/mol. The van der Waals surface area contributed by atoms with Gasteiger partial charge in [0.25, 0.3) is 0 Å². The molecule has 1 aliphatic heterocycles. The van der Waals surface area contributed by atoms with Gasteiger partial charge >= 0.3 is 0 Å². The van der Waals surface area contributed by atoms with Crippen molar-refractivity contribution in [3.63, 3.8) is 0 Å². The van der Waals surface area contributed by atoms with E-state index in [2.05, 4.69) is 42.2 Å². The van der Waals surface area contributed by atoms with Gasteiger partial charge in [-0.05, 0) is 12.0 Å². The quantitative estimate of drug-likeness (QED) is 0.743. The third kappa shape index (κ3) is 2.52. The normalized spacial score (nSPS) is 21.0. The Morgan fingerprint density at radius 1 is 1.40 bits per heavy atom. The Hall–Kier alpha value is -0.540. The van der Waals surface area contributed by atoms with E-state index in [4.69, 9.17) is 12.2 Å². The molecule has 1 heterocycles. The van der Waals surface area contributed by atoms with Gasteiger partial charge in [-0.2, -0.15) is 0 Å². The minimum absolute atomic E-state index is 0.628. The maximum Gasteiger partial charge on any atom is 0.137 e. The zero-order valence-electron chi connectivity index (χ0n) is 8.85. The molecule has 0 N–H and O–H groups in total. The zero-order valence-corrected chi connectivity index (χ0v) is 10.5. The number of thioether (sulfide) groups is 1. The molecule has 1 fully saturated rings. The molecule has 1 aromatic carbocycles. The van der Waals surface area contributed by atoms with Crippen molar-refractivity contribution in [2.45, 2.75) is 25.9 Å². The van der Waals surface area contributed by atoms with Crippen molar-refractivity contribution >= 4 is 28.3 Å². The Labute approximate surface area is 101 Å². The number of hydrogen-bond acceptors (Lipinski definition) is 2. The zero-order chi connectivity index (χ0) is 10.7. The number of thiocarbonyl (C=S) groups is 1. The summed E-state index contributed by atoms with van der Waals surface area (Å²) >= 11 is 7.19. The van der Waals surface area contributed by atoms with E-state index in [0.717, 1.165) is 16.6 Å². The van der Waals surface area contributed by atoms with Gasteiger partial charge in [0.05, 0.1) is 0 Å². The molecule has 80 valence electrons. The molecule has 0 aliphatic carbocycles. The highest BCUT2D eigenvalue weighted by atomic mass is 32.2. The molecule has 0 radical (unpaired) electrons. The van der Waals surface area contributed by atoms with Crippen molar-refractivity contribution in [2.24, 2.45) is 0 Å². The van der Waals surface area contributed by atoms with Crippen molar-refractivity contribution < 1.29 is 0 Å². The van der Waals surface area contributed by atoms with Crippen molar-refractivity contribution in [2.75, 3.05) is 5.75 Å². The van der Waals surface area contributed by atoms with Gasteiger partial charge in [0.15, 0.2) is 0 Å². The molecule has 2 rings (SSSR count). The molecule has 0 amide bonds. The van der Waals surface area contributed by atoms with Crippen LogP contribution in [0, 0.1) is 0 Å². The van der Waals surface area contributed by atoms with Crippen LogP contribution in [0.5, 0.6) is 0 Å². The summed E-state index contributed by atoms with van der Waals surface area (Å²) in [6, 6.07) is 11.2. The van der Waals surface area contributed by atoms with Crippen LogP contribution in [-0.4, -0.2) is 21.0 Å². The molecular weight excluding hydrogens is 222 g/mol. The lowest BCUT2D eigenvalue weighted by molar-refractivity contribution is 0.340. The van der Waals surface area contributed by atoms with Crippen LogP contribution >= 0.6 is 24.0 Å². The van der Waals surface area contributed by atoms with Gasteiger partial charge in [-0.15, -0.1) is 0 Å². The van der Waals surface area contributed by atoms with E-state index in [9.17, 15) is 0 Å². The first kappa shape index (κ1) is 11.0. The first-order chi connectivity index (χ1) is 7.31. The van der Waals surface area contributed by atoms with E-state index in [1.54, 1.807) is 0 Å². The minimum atomic E-state index is 0.628. The molecule has 0 aromatic heterocycles. The van der Waals surface area contributed by atoms with Gasteiger partial charge in [-0.1, -0.05) is 61.2 Å². The van der Waals surface area contributed by atoms with Crippen LogP contribution < -0.4 is 0 Å². The monoisotopic (exact) mass is 237 g/mol. The average molecular weight is 237 g/mol. The lowest BCUT2D eigenvalue weighted by Crippen LogP contribution is -2.31. The molecule has 1 saturated heterocycles. The Bertz CT molecular complexity index is 337. The Morgan fingerprint density at radius 2 is 2.13 bits per heavy atom. The van der Waals surface area contributed by atoms with Crippen LogP contribution in [0.25, 0.3) is 0 Å². The molecule has 1 aliphatic rings. The number of nitrogens with zero attached hydrogens (tertiary/aromatic N) is 1. The fourth-order valence-electron chi connectivity index (χ4n) is 1.80. The number of rotatable bonds is 3. The highest BCUT2D eigenvalue weighted by Crippen LogP contribution is 2.27. The summed E-state index contributed by atoms with van der Waals surface area (Å²) in [6.07, 6.45) is 1.18. The van der Waals surface area contributed by atoms with Crippen molar-refractivity contribution in [3.8, 4) is 0 Å². The summed E-state index contributed by atoms with van der Waals surface area (Å²) < 4.78 is 1.06. The summed E-state index contributed by atoms with van der Waals surface area (Å²) in [7, 11) is 0. The molecule has 1 atom stereocenters. The molecule has 0 spiro atoms. The van der Waals surface area contributed by atoms with Crippen molar-refractivity contribution in [3.05, 3.63) is 35.9 Å². The second-order valence-corrected chi connectivity index (χ2v) is 5.41. The van der Waals surface area contributed by atoms with E-state index in [1.165, 1.54) is 12.0 Å². The fraction of sp³-hybridized carbons (Fsp3) is 0.417. The Morgan fingerprint density at radius 3 is 2.80 bits per heavy atom. The Kier molecular flexibility index (Phi) is 3.65. The standard InChI is InChI=1S/C12H15NS2/c1-2-11-9-15-12(14)13(11)8-10-6-4-3-5-7-10/h3-7,11H,2,8-9H2,1H3/t11-/m1/s1. The first-order valence-electron chi connectivity index (χ1n) is 5.28. The molecule has 1 nitrogen and oxygen atoms in total. The largest absolute Gasteiger partial charge is 0.349 e. The van der Waals surface area contributed by atoms with Crippen molar-refractivity contribution in [1.82, 2.24) is 4.90 Å². The van der Waals surface area contributed by atoms with Gasteiger partial charge < -0.3 is 4.90 Å². The fourth-order valence-corrected chi connectivity index (χ4v) is 3.35. The number of hydrogen-bond donors (Lipinski definition) is 0. The second kappa shape index (κ2) is 4.99. The predicted octanol–water partition coefficient (Wildman–Crippen LogP) is 3.30. The smallest absolute Gasteiger partial charge is 0.137 e. The molecule has 15 heavy (non-hydrogen) atoms. The van der Waals surface area contributed by atoms with Crippen LogP contribution in [0.15, 0.2) is 30.3 Å². The van der Waals surface area contributed by atoms with Crippen molar-refractivity contribution in [1.29, 1.82) is 0 Å². The third-order valence-corrected chi connectivity index (χ3v) is 4.36. The minimum Gasteiger partial charge on any atom is -0.349 e. The van der Waals surface area contributed by atoms with Gasteiger partial charge in [0.2, 0.25) is 0 Å². The van der Waals surface area contributed by atoms with E-state index < -0.39 is 0 Å². The number of benzene rings is 1. The van der Waals surface area contributed by atoms with Crippen LogP contribution in [0.1, 0.15) is 18.9 Å². The van der Waals surface area contributed by atoms with Crippen LogP contribution in [-0.2, 0) is 6.54 Å². The molecule has 1 aromatic rings. The lowest BCUT2D eigenvalue weighted by Gasteiger charge is -2.24. The summed E-state index contributed by atoms with van der Waals surface area (Å²) in [4.78, 5) is 2.36. The van der Waals surface area contributed by atoms with Crippen LogP contribution in [0.3, 0.4) is 0 Å². The molecule has 0 saturated carbocycles. The van der Waals surface area contributed by atoms with Crippen LogP contribution in [0.2, 0.25) is 0 Å². The van der Waals surface area contributed by atoms with Crippen LogP contribution in [0.4, 0.5) is 0 Å². The van der Waals surface area contributed by atoms with E-state index in [1.807, 2.05) is 11.8 Å². The maximum absolute atomic E-state index is 5.37. The summed E-state index contributed by atoms with van der Waals surface area (Å²) in [5.74, 6) is 1.15. The van der Waals surface area contributed by atoms with E-state index in [0.29, 0.717) is 6.04 Å². The third-order valence-electron chi connectivity index (χ3n) is 2.74. The van der Waals surface area contributed by atoms with Gasteiger partial charge in [0.1, 0.15) is 4.32 Å². The van der Waals surface area contributed by atoms with Gasteiger partial charge in [0, 0.05) is 18.3 Å². The summed E-state index contributed by atoms with van der Waals surface area (Å²) in [5.41, 5.74) is 1.35. The highest BCUT2D eigenvalue weighted by Gasteiger charge is 2.27. The SMILES string of the molecule is CC[C@@H]1CSC(=S)N1Cc1ccccc1. The van der Waals surface area contributed by atoms with Gasteiger partial charge in [-0.25, -0.2) is 0 Å². The molecular formula is C12H15NS2. The van der Waals surface area contributed by atoms with E-state index >= 15 is 0 Å². The average Bonchev–Trinajstić information content (AvgIpc) is 2.62. The van der Waals surface area contributed by atoms with Gasteiger partial charge in [-0.3, -0.25) is 0 Å².